The number of carboxylic acids is 1. The minimum Gasteiger partial charge on any atom is -0.493 e. The van der Waals surface area contributed by atoms with Crippen LogP contribution in [0.2, 0.25) is 0 Å². The van der Waals surface area contributed by atoms with Crippen LogP contribution in [0.15, 0.2) is 48.5 Å². The first-order valence-corrected chi connectivity index (χ1v) is 11.1. The number of aliphatic carboxylic acids is 1. The lowest BCUT2D eigenvalue weighted by Gasteiger charge is -2.15. The highest BCUT2D eigenvalue weighted by atomic mass is 32.2. The molecule has 0 amide bonds. The predicted molar refractivity (Wildman–Crippen MR) is 109 cm³/mol. The quantitative estimate of drug-likeness (QED) is 0.525. The Labute approximate surface area is 171 Å². The molecule has 0 aliphatic heterocycles. The minimum atomic E-state index is -3.53. The summed E-state index contributed by atoms with van der Waals surface area (Å²) in [5.41, 5.74) is 1.98. The van der Waals surface area contributed by atoms with Gasteiger partial charge in [-0.3, -0.25) is 4.79 Å². The number of benzene rings is 2. The molecule has 1 atom stereocenters. The standard InChI is InChI=1S/C21H26O7S/c1-3-26-20(15-21(22)23)14-17-6-8-18(9-7-17)27-13-12-16-4-10-19(11-5-16)28-29(2,24)25/h4-11,20H,3,12-15H2,1-2H3,(H,22,23)/t20-/m0/s1. The second kappa shape index (κ2) is 10.8. The molecule has 0 aliphatic rings. The van der Waals surface area contributed by atoms with Crippen LogP contribution in [0.1, 0.15) is 24.5 Å². The number of hydrogen-bond donors (Lipinski definition) is 1. The molecule has 0 aromatic heterocycles. The number of hydrogen-bond acceptors (Lipinski definition) is 6. The molecule has 0 heterocycles. The van der Waals surface area contributed by atoms with E-state index in [1.54, 1.807) is 24.3 Å². The van der Waals surface area contributed by atoms with Crippen molar-refractivity contribution in [2.24, 2.45) is 0 Å². The highest BCUT2D eigenvalue weighted by Crippen LogP contribution is 2.17. The van der Waals surface area contributed by atoms with Gasteiger partial charge in [0.05, 0.1) is 25.4 Å². The van der Waals surface area contributed by atoms with Gasteiger partial charge in [0.15, 0.2) is 0 Å². The van der Waals surface area contributed by atoms with E-state index < -0.39 is 16.1 Å². The maximum Gasteiger partial charge on any atom is 0.306 e. The lowest BCUT2D eigenvalue weighted by molar-refractivity contribution is -0.140. The van der Waals surface area contributed by atoms with E-state index in [1.165, 1.54) is 0 Å². The summed E-state index contributed by atoms with van der Waals surface area (Å²) in [5.74, 6) is 0.123. The Kier molecular flexibility index (Phi) is 8.48. The zero-order chi connectivity index (χ0) is 21.3. The average Bonchev–Trinajstić information content (AvgIpc) is 2.63. The fourth-order valence-corrected chi connectivity index (χ4v) is 3.24. The molecule has 8 heteroatoms. The van der Waals surface area contributed by atoms with Gasteiger partial charge in [-0.2, -0.15) is 8.42 Å². The first-order chi connectivity index (χ1) is 13.7. The lowest BCUT2D eigenvalue weighted by Crippen LogP contribution is -2.20. The maximum atomic E-state index is 11.1. The van der Waals surface area contributed by atoms with E-state index in [0.29, 0.717) is 26.1 Å². The normalized spacial score (nSPS) is 12.3. The Morgan fingerprint density at radius 3 is 2.14 bits per heavy atom. The zero-order valence-corrected chi connectivity index (χ0v) is 17.4. The molecule has 0 spiro atoms. The van der Waals surface area contributed by atoms with Crippen molar-refractivity contribution in [3.05, 3.63) is 59.7 Å². The second-order valence-corrected chi connectivity index (χ2v) is 8.13. The summed E-state index contributed by atoms with van der Waals surface area (Å²) < 4.78 is 38.2. The fraction of sp³-hybridized carbons (Fsp3) is 0.381. The number of carbonyl (C=O) groups is 1. The van der Waals surface area contributed by atoms with Gasteiger partial charge in [-0.1, -0.05) is 24.3 Å². The van der Waals surface area contributed by atoms with Gasteiger partial charge in [-0.05, 0) is 48.7 Å². The maximum absolute atomic E-state index is 11.1. The van der Waals surface area contributed by atoms with Gasteiger partial charge >= 0.3 is 16.1 Å². The van der Waals surface area contributed by atoms with Crippen molar-refractivity contribution in [2.45, 2.75) is 32.3 Å². The molecule has 0 bridgehead atoms. The molecule has 2 aromatic rings. The Hall–Kier alpha value is -2.58. The summed E-state index contributed by atoms with van der Waals surface area (Å²) in [7, 11) is -3.53. The van der Waals surface area contributed by atoms with Crippen molar-refractivity contribution >= 4 is 16.1 Å². The SMILES string of the molecule is CCO[C@H](CC(=O)O)Cc1ccc(OCCc2ccc(OS(C)(=O)=O)cc2)cc1. The molecule has 0 radical (unpaired) electrons. The highest BCUT2D eigenvalue weighted by Gasteiger charge is 2.14. The van der Waals surface area contributed by atoms with E-state index in [-0.39, 0.29) is 18.3 Å². The largest absolute Gasteiger partial charge is 0.493 e. The van der Waals surface area contributed by atoms with Crippen LogP contribution in [-0.2, 0) is 32.5 Å². The summed E-state index contributed by atoms with van der Waals surface area (Å²) in [6.07, 6.45) is 1.82. The summed E-state index contributed by atoms with van der Waals surface area (Å²) in [6.45, 7) is 2.78. The molecule has 1 N–H and O–H groups in total. The Morgan fingerprint density at radius 1 is 1.00 bits per heavy atom. The van der Waals surface area contributed by atoms with Gasteiger partial charge < -0.3 is 18.8 Å². The van der Waals surface area contributed by atoms with Crippen molar-refractivity contribution in [1.82, 2.24) is 0 Å². The third kappa shape index (κ3) is 8.97. The molecule has 0 unspecified atom stereocenters. The molecule has 0 aliphatic carbocycles. The highest BCUT2D eigenvalue weighted by molar-refractivity contribution is 7.86. The topological polar surface area (TPSA) is 99.1 Å². The first kappa shape index (κ1) is 22.7. The molecule has 2 aromatic carbocycles. The van der Waals surface area contributed by atoms with Crippen LogP contribution in [0.3, 0.4) is 0 Å². The van der Waals surface area contributed by atoms with E-state index >= 15 is 0 Å². The van der Waals surface area contributed by atoms with Gasteiger partial charge in [0, 0.05) is 13.0 Å². The Bertz CT molecular complexity index is 874. The predicted octanol–water partition coefficient (Wildman–Crippen LogP) is 3.07. The summed E-state index contributed by atoms with van der Waals surface area (Å²) >= 11 is 0. The number of carboxylic acid groups (broad SMARTS) is 1. The van der Waals surface area contributed by atoms with Gasteiger partial charge in [-0.25, -0.2) is 0 Å². The molecule has 2 rings (SSSR count). The van der Waals surface area contributed by atoms with Gasteiger partial charge in [0.25, 0.3) is 0 Å². The minimum absolute atomic E-state index is 0.0277. The fourth-order valence-electron chi connectivity index (χ4n) is 2.78. The van der Waals surface area contributed by atoms with Crippen molar-refractivity contribution in [3.8, 4) is 11.5 Å². The Morgan fingerprint density at radius 2 is 1.59 bits per heavy atom. The van der Waals surface area contributed by atoms with E-state index in [4.69, 9.17) is 18.8 Å². The summed E-state index contributed by atoms with van der Waals surface area (Å²) in [4.78, 5) is 10.9. The third-order valence-electron chi connectivity index (χ3n) is 4.02. The molecule has 0 fully saturated rings. The molecule has 0 saturated carbocycles. The van der Waals surface area contributed by atoms with E-state index in [0.717, 1.165) is 23.1 Å². The second-order valence-electron chi connectivity index (χ2n) is 6.55. The van der Waals surface area contributed by atoms with Crippen molar-refractivity contribution in [1.29, 1.82) is 0 Å². The van der Waals surface area contributed by atoms with Crippen LogP contribution in [0, 0.1) is 0 Å². The van der Waals surface area contributed by atoms with Gasteiger partial charge in [0.2, 0.25) is 0 Å². The molecule has 0 saturated heterocycles. The van der Waals surface area contributed by atoms with Gasteiger partial charge in [0.1, 0.15) is 11.5 Å². The van der Waals surface area contributed by atoms with Crippen LogP contribution in [0.5, 0.6) is 11.5 Å². The average molecular weight is 422 g/mol. The van der Waals surface area contributed by atoms with Crippen molar-refractivity contribution in [2.75, 3.05) is 19.5 Å². The van der Waals surface area contributed by atoms with E-state index in [9.17, 15) is 13.2 Å². The smallest absolute Gasteiger partial charge is 0.306 e. The van der Waals surface area contributed by atoms with Crippen LogP contribution >= 0.6 is 0 Å². The summed E-state index contributed by atoms with van der Waals surface area (Å²) in [6, 6.07) is 14.3. The van der Waals surface area contributed by atoms with Crippen LogP contribution < -0.4 is 8.92 Å². The number of rotatable bonds is 12. The molecule has 29 heavy (non-hydrogen) atoms. The zero-order valence-electron chi connectivity index (χ0n) is 16.5. The third-order valence-corrected chi connectivity index (χ3v) is 4.52. The van der Waals surface area contributed by atoms with Gasteiger partial charge in [-0.15, -0.1) is 0 Å². The molecular formula is C21H26O7S. The Balaban J connectivity index is 1.81. The van der Waals surface area contributed by atoms with E-state index in [1.807, 2.05) is 31.2 Å². The summed E-state index contributed by atoms with van der Waals surface area (Å²) in [5, 5.41) is 8.95. The number of ether oxygens (including phenoxy) is 2. The van der Waals surface area contributed by atoms with Crippen molar-refractivity contribution in [3.63, 3.8) is 0 Å². The lowest BCUT2D eigenvalue weighted by atomic mass is 10.1. The molecule has 7 nitrogen and oxygen atoms in total. The first-order valence-electron chi connectivity index (χ1n) is 9.28. The molecule has 158 valence electrons. The van der Waals surface area contributed by atoms with Crippen molar-refractivity contribution < 1.29 is 32.0 Å². The van der Waals surface area contributed by atoms with Crippen LogP contribution in [0.25, 0.3) is 0 Å². The van der Waals surface area contributed by atoms with Crippen LogP contribution in [-0.4, -0.2) is 45.1 Å². The van der Waals surface area contributed by atoms with E-state index in [2.05, 4.69) is 0 Å². The molecular weight excluding hydrogens is 396 g/mol. The monoisotopic (exact) mass is 422 g/mol. The van der Waals surface area contributed by atoms with Crippen LogP contribution in [0.4, 0.5) is 0 Å².